The number of hydrogen-bond acceptors (Lipinski definition) is 20. The van der Waals surface area contributed by atoms with E-state index in [0.717, 1.165) is 73.9 Å². The third kappa shape index (κ3) is 27.3. The van der Waals surface area contributed by atoms with Gasteiger partial charge in [0.05, 0.1) is 50.9 Å². The molecule has 26 heteroatoms. The standard InChI is InChI=1S/C36H49N5O7.C26H39N3O7.C10H10N4/c1-5-47-33(44)20-39-35(45)26(18-27(43)19-38-24(4)42)8-6-7-17-37-36(46)48-21-32-29-14-13-28-23(3)40-41-34(31(28)16-15-30(29)32)25-11-9-22(2)10-12-25;1-3-35-24(32)16-29-25(33)19(14-20(31)15-28-18(2)30)10-8-9-13-27-26(34)36-17-23-21-11-6-4-5-7-12-22(21)23;1-7-3-5-9(6-4-7)10-13-11-8(2)12-14-10/h9-12,26,29-30,32H,5-8,13-21H2,1-4H3,(H,37,46)(H,38,42)(H,39,45);19,21-23H,3,6-17H2,1-2H3,(H,27,34)(H,28,30)(H,29,33);3-6H,1-2H3/t26-,29?,30?,32+;19-,21?,22?,23?;/m11./s1. The molecule has 26 nitrogen and oxygen atoms in total. The molecule has 6 amide bonds. The Bertz CT molecular complexity index is 3330. The van der Waals surface area contributed by atoms with Crippen molar-refractivity contribution in [2.75, 3.05) is 65.7 Å². The number of esters is 2. The van der Waals surface area contributed by atoms with E-state index >= 15 is 0 Å². The number of ketones is 2. The maximum absolute atomic E-state index is 12.7. The number of nitrogens with one attached hydrogen (secondary N) is 6. The van der Waals surface area contributed by atoms with Crippen molar-refractivity contribution in [1.82, 2.24) is 62.5 Å². The van der Waals surface area contributed by atoms with Crippen molar-refractivity contribution in [3.8, 4) is 34.5 Å². The zero-order valence-electron chi connectivity index (χ0n) is 58.0. The minimum atomic E-state index is -0.673. The van der Waals surface area contributed by atoms with Gasteiger partial charge in [-0.2, -0.15) is 5.10 Å². The van der Waals surface area contributed by atoms with Crippen molar-refractivity contribution < 1.29 is 66.9 Å². The van der Waals surface area contributed by atoms with Crippen LogP contribution < -0.4 is 31.9 Å². The van der Waals surface area contributed by atoms with E-state index in [2.05, 4.69) is 106 Å². The molecule has 530 valence electrons. The topological polar surface area (TPSA) is 357 Å². The molecule has 2 aromatic carbocycles. The van der Waals surface area contributed by atoms with Gasteiger partial charge < -0.3 is 50.8 Å². The lowest BCUT2D eigenvalue weighted by Crippen LogP contribution is -2.37. The number of aryl methyl sites for hydroxylation is 4. The fourth-order valence-corrected chi connectivity index (χ4v) is 12.5. The Kier molecular flexibility index (Phi) is 32.6. The highest BCUT2D eigenvalue weighted by Gasteiger charge is 2.51. The van der Waals surface area contributed by atoms with Gasteiger partial charge in [-0.05, 0) is 152 Å². The zero-order chi connectivity index (χ0) is 70.9. The van der Waals surface area contributed by atoms with E-state index in [0.29, 0.717) is 112 Å². The van der Waals surface area contributed by atoms with Crippen LogP contribution in [0.3, 0.4) is 0 Å². The molecule has 7 atom stereocenters. The molecule has 0 radical (unpaired) electrons. The number of carbonyl (C=O) groups excluding carboxylic acids is 10. The smallest absolute Gasteiger partial charge is 0.407 e. The normalized spacial score (nSPS) is 18.1. The van der Waals surface area contributed by atoms with Crippen LogP contribution in [0.1, 0.15) is 151 Å². The van der Waals surface area contributed by atoms with Gasteiger partial charge in [-0.1, -0.05) is 72.5 Å². The van der Waals surface area contributed by atoms with Crippen LogP contribution in [0.15, 0.2) is 48.5 Å². The molecule has 6 N–H and O–H groups in total. The van der Waals surface area contributed by atoms with E-state index in [4.69, 9.17) is 18.9 Å². The van der Waals surface area contributed by atoms with Crippen LogP contribution in [-0.4, -0.2) is 156 Å². The highest BCUT2D eigenvalue weighted by Crippen LogP contribution is 2.54. The second-order valence-electron chi connectivity index (χ2n) is 25.4. The molecule has 98 heavy (non-hydrogen) atoms. The van der Waals surface area contributed by atoms with Crippen LogP contribution in [0.4, 0.5) is 9.59 Å². The maximum atomic E-state index is 12.7. The molecule has 4 unspecified atom stereocenters. The van der Waals surface area contributed by atoms with Crippen molar-refractivity contribution in [3.63, 3.8) is 0 Å². The fourth-order valence-electron chi connectivity index (χ4n) is 12.5. The van der Waals surface area contributed by atoms with Crippen LogP contribution in [0, 0.1) is 86.9 Å². The Labute approximate surface area is 574 Å². The van der Waals surface area contributed by atoms with Gasteiger partial charge in [0.2, 0.25) is 29.5 Å². The lowest BCUT2D eigenvalue weighted by Gasteiger charge is -2.18. The number of ether oxygens (including phenoxy) is 4. The van der Waals surface area contributed by atoms with Gasteiger partial charge in [-0.25, -0.2) is 9.59 Å². The van der Waals surface area contributed by atoms with E-state index in [1.54, 1.807) is 20.8 Å². The van der Waals surface area contributed by atoms with Crippen molar-refractivity contribution in [2.45, 2.75) is 158 Å². The largest absolute Gasteiger partial charge is 0.465 e. The molecule has 2 fully saturated rings. The third-order valence-corrected chi connectivity index (χ3v) is 17.9. The van der Waals surface area contributed by atoms with Crippen molar-refractivity contribution >= 4 is 59.3 Å². The minimum Gasteiger partial charge on any atom is -0.465 e. The predicted molar refractivity (Wildman–Crippen MR) is 363 cm³/mol. The van der Waals surface area contributed by atoms with Crippen LogP contribution in [0.2, 0.25) is 0 Å². The average Bonchev–Trinajstić information content (AvgIpc) is 1.60. The summed E-state index contributed by atoms with van der Waals surface area (Å²) in [4.78, 5) is 120. The summed E-state index contributed by atoms with van der Waals surface area (Å²) in [5.41, 5.74) is 9.02. The number of benzene rings is 2. The SMILES string of the molecule is CCOC(=O)CNC(=O)[C@H](CCCCNC(=O)OCC1C2CCC#CCCC21)CC(=O)CNC(C)=O.CCOC(=O)CNC(=O)[C@H](CCCCNC(=O)OC[C@H]1C2CCc3c(C)nnc(-c4ccc(C)cc4)c3CCC21)CC(=O)CNC(C)=O.Cc1ccc(-c2nnc(C)nn2)cc1. The Morgan fingerprint density at radius 2 is 0.908 bits per heavy atom. The second-order valence-corrected chi connectivity index (χ2v) is 25.4. The first-order chi connectivity index (χ1) is 47.1. The predicted octanol–water partition coefficient (Wildman–Crippen LogP) is 7.05. The second kappa shape index (κ2) is 41.1. The van der Waals surface area contributed by atoms with Crippen molar-refractivity contribution in [1.29, 1.82) is 0 Å². The minimum absolute atomic E-state index is 0.0564. The molecule has 0 bridgehead atoms. The zero-order valence-corrected chi connectivity index (χ0v) is 58.0. The number of fused-ring (bicyclic) bond motifs is 3. The van der Waals surface area contributed by atoms with Crippen molar-refractivity contribution in [3.05, 3.63) is 82.3 Å². The summed E-state index contributed by atoms with van der Waals surface area (Å²) in [6.45, 7) is 15.0. The Hall–Kier alpha value is -9.28. The lowest BCUT2D eigenvalue weighted by atomic mass is 9.90. The Morgan fingerprint density at radius 1 is 0.480 bits per heavy atom. The number of unbranched alkanes of at least 4 members (excludes halogenated alkanes) is 2. The summed E-state index contributed by atoms with van der Waals surface area (Å²) in [6, 6.07) is 16.4. The Balaban J connectivity index is 0.000000264. The molecule has 8 rings (SSSR count). The number of rotatable bonds is 32. The number of alkyl carbamates (subject to hydrolysis) is 2. The van der Waals surface area contributed by atoms with E-state index < -0.39 is 47.8 Å². The summed E-state index contributed by atoms with van der Waals surface area (Å²) in [7, 11) is 0. The molecule has 4 aliphatic carbocycles. The van der Waals surface area contributed by atoms with E-state index in [-0.39, 0.29) is 75.6 Å². The van der Waals surface area contributed by atoms with Crippen LogP contribution in [-0.2, 0) is 70.1 Å². The molecule has 0 spiro atoms. The van der Waals surface area contributed by atoms with E-state index in [1.165, 1.54) is 36.1 Å². The number of hydrogen-bond donors (Lipinski definition) is 6. The van der Waals surface area contributed by atoms with Gasteiger partial charge in [0.1, 0.15) is 13.1 Å². The number of carbonyl (C=O) groups is 10. The van der Waals surface area contributed by atoms with E-state index in [9.17, 15) is 47.9 Å². The summed E-state index contributed by atoms with van der Waals surface area (Å²) in [5, 5.41) is 40.2. The quantitative estimate of drug-likeness (QED) is 0.0123. The fraction of sp³-hybridized carbons (Fsp3) is 0.583. The highest BCUT2D eigenvalue weighted by atomic mass is 16.6. The average molecular weight is 1360 g/mol. The molecular formula is C72H98N12O14. The molecule has 4 aromatic rings. The summed E-state index contributed by atoms with van der Waals surface area (Å²) in [6.07, 6.45) is 10.00. The van der Waals surface area contributed by atoms with Crippen LogP contribution >= 0.6 is 0 Å². The first kappa shape index (κ1) is 77.7. The first-order valence-electron chi connectivity index (χ1n) is 34.3. The number of nitrogens with zero attached hydrogens (tertiary/aromatic N) is 6. The van der Waals surface area contributed by atoms with E-state index in [1.807, 2.05) is 38.1 Å². The first-order valence-corrected chi connectivity index (χ1v) is 34.3. The molecular weight excluding hydrogens is 1260 g/mol. The molecule has 2 saturated carbocycles. The van der Waals surface area contributed by atoms with Crippen LogP contribution in [0.5, 0.6) is 0 Å². The van der Waals surface area contributed by atoms with Crippen molar-refractivity contribution in [2.24, 2.45) is 47.3 Å². The van der Waals surface area contributed by atoms with Gasteiger partial charge in [0, 0.05) is 75.6 Å². The third-order valence-electron chi connectivity index (χ3n) is 17.9. The number of aromatic nitrogens is 6. The van der Waals surface area contributed by atoms with Gasteiger partial charge in [0.15, 0.2) is 17.4 Å². The Morgan fingerprint density at radius 3 is 1.35 bits per heavy atom. The molecule has 0 saturated heterocycles. The number of amides is 6. The van der Waals surface area contributed by atoms with Gasteiger partial charge >= 0.3 is 24.1 Å². The number of Topliss-reactive ketones (excluding diaryl/α,β-unsaturated/α-hetero) is 2. The maximum Gasteiger partial charge on any atom is 0.407 e. The highest BCUT2D eigenvalue weighted by molar-refractivity contribution is 5.92. The van der Waals surface area contributed by atoms with Gasteiger partial charge in [-0.15, -0.1) is 37.3 Å². The molecule has 4 aliphatic rings. The van der Waals surface area contributed by atoms with Crippen LogP contribution in [0.25, 0.3) is 22.6 Å². The lowest BCUT2D eigenvalue weighted by molar-refractivity contribution is -0.144. The summed E-state index contributed by atoms with van der Waals surface area (Å²) >= 11 is 0. The van der Waals surface area contributed by atoms with Gasteiger partial charge in [0.25, 0.3) is 0 Å². The summed E-state index contributed by atoms with van der Waals surface area (Å²) in [5.74, 6) is 6.04. The molecule has 2 heterocycles. The molecule has 2 aromatic heterocycles. The van der Waals surface area contributed by atoms with Gasteiger partial charge in [-0.3, -0.25) is 38.4 Å². The summed E-state index contributed by atoms with van der Waals surface area (Å²) < 4.78 is 20.7. The molecule has 0 aliphatic heterocycles. The monoisotopic (exact) mass is 1350 g/mol.